The summed E-state index contributed by atoms with van der Waals surface area (Å²) in [6.45, 7) is 3.38. The molecule has 0 spiro atoms. The van der Waals surface area contributed by atoms with Crippen molar-refractivity contribution < 1.29 is 13.9 Å². The summed E-state index contributed by atoms with van der Waals surface area (Å²) < 4.78 is 18.9. The fourth-order valence-electron chi connectivity index (χ4n) is 4.74. The number of ether oxygens (including phenoxy) is 1. The first-order chi connectivity index (χ1) is 15.0. The molecule has 3 aromatic heterocycles. The Bertz CT molecular complexity index is 1090. The maximum Gasteiger partial charge on any atom is 0.275 e. The van der Waals surface area contributed by atoms with E-state index >= 15 is 0 Å². The van der Waals surface area contributed by atoms with Crippen LogP contribution in [0.4, 0.5) is 4.39 Å². The number of hydrogen-bond donors (Lipinski definition) is 0. The smallest absolute Gasteiger partial charge is 0.275 e. The highest BCUT2D eigenvalue weighted by atomic mass is 19.1. The summed E-state index contributed by atoms with van der Waals surface area (Å²) in [6, 6.07) is 7.02. The molecule has 8 nitrogen and oxygen atoms in total. The first kappa shape index (κ1) is 19.6. The Labute approximate surface area is 179 Å². The van der Waals surface area contributed by atoms with E-state index in [0.717, 1.165) is 18.5 Å². The van der Waals surface area contributed by atoms with Crippen LogP contribution >= 0.6 is 0 Å². The van der Waals surface area contributed by atoms with Gasteiger partial charge in [0.25, 0.3) is 5.91 Å². The minimum atomic E-state index is -0.557. The summed E-state index contributed by atoms with van der Waals surface area (Å²) >= 11 is 0. The molecule has 0 unspecified atom stereocenters. The Kier molecular flexibility index (Phi) is 4.88. The molecular formula is C22H23FN6O2. The van der Waals surface area contributed by atoms with Gasteiger partial charge in [0.1, 0.15) is 18.5 Å². The van der Waals surface area contributed by atoms with E-state index in [2.05, 4.69) is 27.1 Å². The summed E-state index contributed by atoms with van der Waals surface area (Å²) in [7, 11) is 0. The minimum Gasteiger partial charge on any atom is -0.472 e. The number of pyridine rings is 2. The van der Waals surface area contributed by atoms with Crippen LogP contribution in [0.5, 0.6) is 5.88 Å². The molecule has 31 heavy (non-hydrogen) atoms. The molecule has 1 saturated heterocycles. The molecule has 3 aromatic rings. The molecule has 4 heterocycles. The zero-order valence-corrected chi connectivity index (χ0v) is 17.3. The quantitative estimate of drug-likeness (QED) is 0.629. The molecule has 0 N–H and O–H groups in total. The largest absolute Gasteiger partial charge is 0.472 e. The molecule has 2 bridgehead atoms. The third-order valence-electron chi connectivity index (χ3n) is 6.30. The van der Waals surface area contributed by atoms with Crippen molar-refractivity contribution in [3.8, 4) is 11.6 Å². The maximum atomic E-state index is 13.7. The van der Waals surface area contributed by atoms with Crippen molar-refractivity contribution in [1.29, 1.82) is 0 Å². The van der Waals surface area contributed by atoms with Crippen LogP contribution in [0.2, 0.25) is 0 Å². The molecule has 5 rings (SSSR count). The van der Waals surface area contributed by atoms with Crippen molar-refractivity contribution in [2.75, 3.05) is 0 Å². The monoisotopic (exact) mass is 422 g/mol. The first-order valence-corrected chi connectivity index (χ1v) is 10.4. The molecule has 2 fully saturated rings. The Hall–Kier alpha value is -3.36. The zero-order valence-electron chi connectivity index (χ0n) is 17.3. The van der Waals surface area contributed by atoms with Gasteiger partial charge in [0, 0.05) is 29.6 Å². The molecule has 1 aliphatic carbocycles. The van der Waals surface area contributed by atoms with E-state index in [0.29, 0.717) is 28.7 Å². The summed E-state index contributed by atoms with van der Waals surface area (Å²) in [4.78, 5) is 25.7. The van der Waals surface area contributed by atoms with Crippen LogP contribution in [0.15, 0.2) is 42.9 Å². The molecule has 160 valence electrons. The molecule has 1 aliphatic heterocycles. The summed E-state index contributed by atoms with van der Waals surface area (Å²) in [5.74, 6) is 0.648. The van der Waals surface area contributed by atoms with E-state index in [-0.39, 0.29) is 24.1 Å². The van der Waals surface area contributed by atoms with Crippen LogP contribution in [0.25, 0.3) is 5.69 Å². The van der Waals surface area contributed by atoms with Crippen LogP contribution in [0.1, 0.15) is 41.5 Å². The third kappa shape index (κ3) is 3.43. The summed E-state index contributed by atoms with van der Waals surface area (Å²) in [6.07, 6.45) is 6.19. The Morgan fingerprint density at radius 1 is 1.19 bits per heavy atom. The lowest BCUT2D eigenvalue weighted by atomic mass is 9.98. The zero-order chi connectivity index (χ0) is 21.5. The van der Waals surface area contributed by atoms with Crippen molar-refractivity contribution in [2.24, 2.45) is 5.92 Å². The number of rotatable bonds is 5. The highest BCUT2D eigenvalue weighted by Crippen LogP contribution is 2.44. The fraction of sp³-hybridized carbons (Fsp3) is 0.409. The number of carbonyl (C=O) groups is 1. The van der Waals surface area contributed by atoms with Gasteiger partial charge in [-0.15, -0.1) is 4.80 Å². The highest BCUT2D eigenvalue weighted by molar-refractivity contribution is 5.96. The number of hydrogen-bond acceptors (Lipinski definition) is 6. The van der Waals surface area contributed by atoms with E-state index < -0.39 is 6.67 Å². The molecular weight excluding hydrogens is 399 g/mol. The summed E-state index contributed by atoms with van der Waals surface area (Å²) in [5, 5.41) is 8.35. The van der Waals surface area contributed by atoms with Crippen LogP contribution in [-0.2, 0) is 6.67 Å². The van der Waals surface area contributed by atoms with Crippen LogP contribution in [0, 0.1) is 12.8 Å². The number of piperidine rings is 1. The number of fused-ring (bicyclic) bond motifs is 2. The van der Waals surface area contributed by atoms with Gasteiger partial charge in [-0.2, -0.15) is 10.2 Å². The van der Waals surface area contributed by atoms with Gasteiger partial charge in [0.05, 0.1) is 18.4 Å². The van der Waals surface area contributed by atoms with Gasteiger partial charge in [-0.3, -0.25) is 4.79 Å². The fourth-order valence-corrected chi connectivity index (χ4v) is 4.74. The van der Waals surface area contributed by atoms with E-state index in [4.69, 9.17) is 4.74 Å². The van der Waals surface area contributed by atoms with E-state index in [1.165, 1.54) is 11.0 Å². The van der Waals surface area contributed by atoms with Gasteiger partial charge in [-0.1, -0.05) is 0 Å². The number of aromatic nitrogens is 5. The van der Waals surface area contributed by atoms with Crippen molar-refractivity contribution >= 4 is 5.91 Å². The standard InChI is InChI=1S/C22H23FN6O2/c1-13-3-5-17(29-25-7-8-26-29)21(27-13)22(30)28-14(2)16-9-18(28)19(10-16)31-20-6-4-15(11-23)12-24-20/h3-8,12,14,16,18-19H,9-11H2,1-2H3/t14-,16-,18+,19-/m1/s1. The number of alkyl halides is 1. The van der Waals surface area contributed by atoms with Gasteiger partial charge in [-0.05, 0) is 50.8 Å². The highest BCUT2D eigenvalue weighted by Gasteiger charge is 2.53. The lowest BCUT2D eigenvalue weighted by Gasteiger charge is -2.37. The molecule has 0 aromatic carbocycles. The average Bonchev–Trinajstić information content (AvgIpc) is 3.51. The number of nitrogens with zero attached hydrogens (tertiary/aromatic N) is 6. The van der Waals surface area contributed by atoms with Gasteiger partial charge < -0.3 is 9.64 Å². The van der Waals surface area contributed by atoms with Gasteiger partial charge in [-0.25, -0.2) is 14.4 Å². The van der Waals surface area contributed by atoms with Crippen molar-refractivity contribution in [3.05, 3.63) is 59.8 Å². The predicted octanol–water partition coefficient (Wildman–Crippen LogP) is 2.91. The van der Waals surface area contributed by atoms with Crippen molar-refractivity contribution in [3.63, 3.8) is 0 Å². The average molecular weight is 422 g/mol. The lowest BCUT2D eigenvalue weighted by molar-refractivity contribution is 0.0309. The lowest BCUT2D eigenvalue weighted by Crippen LogP contribution is -2.51. The Morgan fingerprint density at radius 3 is 2.68 bits per heavy atom. The van der Waals surface area contributed by atoms with E-state index in [1.807, 2.05) is 24.0 Å². The van der Waals surface area contributed by atoms with Crippen LogP contribution in [-0.4, -0.2) is 54.0 Å². The number of likely N-dealkylation sites (tertiary alicyclic amines) is 1. The molecule has 4 atom stereocenters. The first-order valence-electron chi connectivity index (χ1n) is 10.4. The van der Waals surface area contributed by atoms with Crippen molar-refractivity contribution in [2.45, 2.75) is 51.6 Å². The normalized spacial score (nSPS) is 24.5. The minimum absolute atomic E-state index is 0.0732. The molecule has 2 aliphatic rings. The van der Waals surface area contributed by atoms with Crippen LogP contribution < -0.4 is 4.74 Å². The topological polar surface area (TPSA) is 86.0 Å². The molecule has 1 saturated carbocycles. The van der Waals surface area contributed by atoms with E-state index in [1.54, 1.807) is 24.5 Å². The third-order valence-corrected chi connectivity index (χ3v) is 6.30. The second kappa shape index (κ2) is 7.72. The molecule has 1 amide bonds. The van der Waals surface area contributed by atoms with Gasteiger partial charge in [0.15, 0.2) is 5.69 Å². The van der Waals surface area contributed by atoms with Crippen LogP contribution in [0.3, 0.4) is 0 Å². The number of aryl methyl sites for hydroxylation is 1. The number of amides is 1. The summed E-state index contributed by atoms with van der Waals surface area (Å²) in [5.41, 5.74) is 2.15. The van der Waals surface area contributed by atoms with Crippen molar-refractivity contribution in [1.82, 2.24) is 29.9 Å². The Balaban J connectivity index is 1.42. The predicted molar refractivity (Wildman–Crippen MR) is 109 cm³/mol. The Morgan fingerprint density at radius 2 is 2.00 bits per heavy atom. The second-order valence-electron chi connectivity index (χ2n) is 8.19. The van der Waals surface area contributed by atoms with Gasteiger partial charge in [0.2, 0.25) is 5.88 Å². The number of halogens is 1. The van der Waals surface area contributed by atoms with Gasteiger partial charge >= 0.3 is 0 Å². The van der Waals surface area contributed by atoms with E-state index in [9.17, 15) is 9.18 Å². The maximum absolute atomic E-state index is 13.7. The number of carbonyl (C=O) groups excluding carboxylic acids is 1. The molecule has 0 radical (unpaired) electrons. The molecule has 9 heteroatoms. The SMILES string of the molecule is Cc1ccc(-n2nccn2)c(C(=O)N2[C@H](C)[C@H]3C[C@@H](Oc4ccc(CF)cn4)[C@@H]2C3)n1. The second-order valence-corrected chi connectivity index (χ2v) is 8.19.